The molecule has 1 N–H and O–H groups in total. The van der Waals surface area contributed by atoms with Crippen molar-refractivity contribution in [3.63, 3.8) is 0 Å². The van der Waals surface area contributed by atoms with Crippen LogP contribution in [0, 0.1) is 11.6 Å². The second kappa shape index (κ2) is 9.99. The number of carbonyl (C=O) groups is 2. The molecular weight excluding hydrogens is 489 g/mol. The van der Waals surface area contributed by atoms with Crippen LogP contribution < -0.4 is 14.8 Å². The number of amides is 1. The minimum Gasteiger partial charge on any atom is -0.453 e. The summed E-state index contributed by atoms with van der Waals surface area (Å²) in [6.07, 6.45) is -4.07. The van der Waals surface area contributed by atoms with Crippen LogP contribution in [-0.4, -0.2) is 23.3 Å². The molecule has 1 aromatic heterocycles. The van der Waals surface area contributed by atoms with Crippen molar-refractivity contribution in [1.29, 1.82) is 0 Å². The highest BCUT2D eigenvalue weighted by atomic mass is 19.4. The van der Waals surface area contributed by atoms with Crippen LogP contribution in [0.3, 0.4) is 0 Å². The Bertz CT molecular complexity index is 1280. The molecule has 3 aromatic rings. The predicted molar refractivity (Wildman–Crippen MR) is 107 cm³/mol. The van der Waals surface area contributed by atoms with E-state index in [2.05, 4.69) is 15.0 Å². The van der Waals surface area contributed by atoms with E-state index in [4.69, 9.17) is 4.74 Å². The largest absolute Gasteiger partial charge is 0.453 e. The smallest absolute Gasteiger partial charge is 0.419 e. The van der Waals surface area contributed by atoms with Crippen LogP contribution in [0.15, 0.2) is 48.7 Å². The average molecular weight is 502 g/mol. The van der Waals surface area contributed by atoms with E-state index in [1.54, 1.807) is 0 Å². The number of aromatic nitrogens is 1. The van der Waals surface area contributed by atoms with Gasteiger partial charge in [-0.1, -0.05) is 0 Å². The lowest BCUT2D eigenvalue weighted by Crippen LogP contribution is -2.19. The van der Waals surface area contributed by atoms with Gasteiger partial charge in [0.2, 0.25) is 0 Å². The van der Waals surface area contributed by atoms with Crippen LogP contribution in [0.2, 0.25) is 0 Å². The number of rotatable bonds is 7. The second-order valence-electron chi connectivity index (χ2n) is 6.81. The number of pyridine rings is 1. The molecule has 0 radical (unpaired) electrons. The number of nitrogens with one attached hydrogen (secondary N) is 1. The van der Waals surface area contributed by atoms with Crippen molar-refractivity contribution in [3.05, 3.63) is 77.1 Å². The highest BCUT2D eigenvalue weighted by molar-refractivity contribution is 6.07. The first-order valence-electron chi connectivity index (χ1n) is 9.47. The molecule has 0 saturated heterocycles. The fourth-order valence-corrected chi connectivity index (χ4v) is 2.84. The molecule has 3 rings (SSSR count). The number of carbonyl (C=O) groups excluding carboxylic acids is 2. The molecule has 0 aliphatic carbocycles. The van der Waals surface area contributed by atoms with E-state index in [0.29, 0.717) is 12.1 Å². The van der Waals surface area contributed by atoms with Gasteiger partial charge in [0.25, 0.3) is 5.91 Å². The first kappa shape index (κ1) is 25.5. The number of Topliss-reactive ketones (excluding diaryl/α,β-unsaturated/α-hetero) is 1. The number of ketones is 1. The van der Waals surface area contributed by atoms with Gasteiger partial charge in [-0.3, -0.25) is 14.6 Å². The molecule has 0 unspecified atom stereocenters. The molecule has 0 atom stereocenters. The van der Waals surface area contributed by atoms with E-state index >= 15 is 0 Å². The maximum Gasteiger partial charge on any atom is 0.419 e. The van der Waals surface area contributed by atoms with Gasteiger partial charge in [-0.2, -0.15) is 22.0 Å². The lowest BCUT2D eigenvalue weighted by Gasteiger charge is -2.17. The van der Waals surface area contributed by atoms with Crippen molar-refractivity contribution in [3.8, 4) is 17.2 Å². The molecule has 0 fully saturated rings. The van der Waals surface area contributed by atoms with Gasteiger partial charge in [0.15, 0.2) is 23.1 Å². The monoisotopic (exact) mass is 502 g/mol. The number of hydrogen-bond acceptors (Lipinski definition) is 5. The van der Waals surface area contributed by atoms with Crippen molar-refractivity contribution in [2.24, 2.45) is 0 Å². The Balaban J connectivity index is 2.08. The molecule has 1 heterocycles. The van der Waals surface area contributed by atoms with Crippen LogP contribution in [0.1, 0.15) is 33.3 Å². The van der Waals surface area contributed by atoms with Gasteiger partial charge in [0, 0.05) is 24.9 Å². The highest BCUT2D eigenvalue weighted by Crippen LogP contribution is 2.39. The third kappa shape index (κ3) is 6.05. The quantitative estimate of drug-likeness (QED) is 0.306. The van der Waals surface area contributed by atoms with E-state index in [-0.39, 0.29) is 17.4 Å². The first-order chi connectivity index (χ1) is 16.4. The number of benzene rings is 2. The SMILES string of the molecule is CC(=O)c1cc(NC(=O)c2c(Oc3ccc(F)cc3OC(F)F)ccc(C(F)(F)F)c2F)ccn1. The van der Waals surface area contributed by atoms with E-state index in [9.17, 15) is 40.3 Å². The van der Waals surface area contributed by atoms with E-state index in [1.165, 1.54) is 13.0 Å². The molecule has 6 nitrogen and oxygen atoms in total. The molecule has 13 heteroatoms. The maximum absolute atomic E-state index is 14.9. The van der Waals surface area contributed by atoms with Gasteiger partial charge < -0.3 is 14.8 Å². The summed E-state index contributed by atoms with van der Waals surface area (Å²) in [5.41, 5.74) is -3.25. The summed E-state index contributed by atoms with van der Waals surface area (Å²) in [6.45, 7) is -2.25. The molecule has 35 heavy (non-hydrogen) atoms. The Morgan fingerprint density at radius 2 is 1.66 bits per heavy atom. The summed E-state index contributed by atoms with van der Waals surface area (Å²) < 4.78 is 103. The number of anilines is 1. The standard InChI is InChI=1S/C22H13F7N2O4/c1-10(32)14-9-12(6-7-30-14)31-20(33)18-16(5-3-13(19(18)24)22(27,28)29)34-15-4-2-11(23)8-17(15)35-21(25)26/h2-9,21H,1H3,(H,30,31,33). The Morgan fingerprint density at radius 1 is 0.971 bits per heavy atom. The number of ether oxygens (including phenoxy) is 2. The van der Waals surface area contributed by atoms with Crippen molar-refractivity contribution >= 4 is 17.4 Å². The number of halogens is 7. The highest BCUT2D eigenvalue weighted by Gasteiger charge is 2.37. The summed E-state index contributed by atoms with van der Waals surface area (Å²) in [6, 6.07) is 5.21. The molecule has 0 spiro atoms. The average Bonchev–Trinajstić information content (AvgIpc) is 2.74. The molecule has 0 aliphatic rings. The number of nitrogens with zero attached hydrogens (tertiary/aromatic N) is 1. The number of hydrogen-bond donors (Lipinski definition) is 1. The van der Waals surface area contributed by atoms with Gasteiger partial charge >= 0.3 is 12.8 Å². The fraction of sp³-hybridized carbons (Fsp3) is 0.136. The topological polar surface area (TPSA) is 77.5 Å². The van der Waals surface area contributed by atoms with Crippen molar-refractivity contribution < 1.29 is 49.8 Å². The Morgan fingerprint density at radius 3 is 2.29 bits per heavy atom. The Hall–Kier alpha value is -4.16. The zero-order chi connectivity index (χ0) is 25.9. The fourth-order valence-electron chi connectivity index (χ4n) is 2.84. The van der Waals surface area contributed by atoms with Gasteiger partial charge in [-0.15, -0.1) is 0 Å². The molecule has 0 saturated carbocycles. The van der Waals surface area contributed by atoms with E-state index in [0.717, 1.165) is 24.4 Å². The van der Waals surface area contributed by atoms with Crippen LogP contribution >= 0.6 is 0 Å². The van der Waals surface area contributed by atoms with Crippen molar-refractivity contribution in [2.45, 2.75) is 19.7 Å². The lowest BCUT2D eigenvalue weighted by atomic mass is 10.1. The zero-order valence-electron chi connectivity index (χ0n) is 17.4. The summed E-state index contributed by atoms with van der Waals surface area (Å²) in [5, 5.41) is 2.13. The number of alkyl halides is 5. The Kier molecular flexibility index (Phi) is 7.27. The molecule has 0 aliphatic heterocycles. The third-order valence-electron chi connectivity index (χ3n) is 4.36. The molecule has 184 valence electrons. The zero-order valence-corrected chi connectivity index (χ0v) is 17.4. The first-order valence-corrected chi connectivity index (χ1v) is 9.47. The predicted octanol–water partition coefficient (Wildman–Crippen LogP) is 6.23. The van der Waals surface area contributed by atoms with Crippen molar-refractivity contribution in [2.75, 3.05) is 5.32 Å². The van der Waals surface area contributed by atoms with Crippen LogP contribution in [0.25, 0.3) is 0 Å². The minimum atomic E-state index is -5.20. The molecule has 0 bridgehead atoms. The maximum atomic E-state index is 14.9. The summed E-state index contributed by atoms with van der Waals surface area (Å²) >= 11 is 0. The van der Waals surface area contributed by atoms with Gasteiger partial charge in [0.05, 0.1) is 5.56 Å². The second-order valence-corrected chi connectivity index (χ2v) is 6.81. The van der Waals surface area contributed by atoms with E-state index < -0.39 is 64.5 Å². The van der Waals surface area contributed by atoms with Crippen molar-refractivity contribution in [1.82, 2.24) is 4.98 Å². The minimum absolute atomic E-state index is 0.0936. The third-order valence-corrected chi connectivity index (χ3v) is 4.36. The van der Waals surface area contributed by atoms with Gasteiger partial charge in [-0.25, -0.2) is 8.78 Å². The van der Waals surface area contributed by atoms with Crippen LogP contribution in [0.4, 0.5) is 36.4 Å². The van der Waals surface area contributed by atoms with E-state index in [1.807, 2.05) is 0 Å². The molecule has 2 aromatic carbocycles. The summed E-state index contributed by atoms with van der Waals surface area (Å²) in [5.74, 6) is -7.26. The lowest BCUT2D eigenvalue weighted by molar-refractivity contribution is -0.140. The summed E-state index contributed by atoms with van der Waals surface area (Å²) in [4.78, 5) is 28.0. The van der Waals surface area contributed by atoms with Gasteiger partial charge in [0.1, 0.15) is 22.8 Å². The van der Waals surface area contributed by atoms with Crippen LogP contribution in [0.5, 0.6) is 17.2 Å². The summed E-state index contributed by atoms with van der Waals surface area (Å²) in [7, 11) is 0. The van der Waals surface area contributed by atoms with Gasteiger partial charge in [-0.05, 0) is 36.4 Å². The Labute approximate surface area is 192 Å². The normalized spacial score (nSPS) is 11.3. The molecular formula is C22H13F7N2O4. The molecule has 1 amide bonds. The van der Waals surface area contributed by atoms with Crippen LogP contribution in [-0.2, 0) is 6.18 Å².